The van der Waals surface area contributed by atoms with Crippen molar-refractivity contribution in [2.45, 2.75) is 4.90 Å². The molecule has 0 unspecified atom stereocenters. The Labute approximate surface area is 131 Å². The van der Waals surface area contributed by atoms with Crippen molar-refractivity contribution >= 4 is 26.0 Å². The Morgan fingerprint density at radius 2 is 1.52 bits per heavy atom. The molecule has 0 fully saturated rings. The van der Waals surface area contributed by atoms with E-state index in [1.165, 1.54) is 26.4 Å². The second-order valence-corrected chi connectivity index (χ2v) is 6.44. The quantitative estimate of drug-likeness (QED) is 0.753. The highest BCUT2D eigenvalue weighted by Gasteiger charge is 2.23. The van der Waals surface area contributed by atoms with Gasteiger partial charge in [0, 0.05) is 10.5 Å². The van der Waals surface area contributed by atoms with Crippen LogP contribution in [0.5, 0.6) is 17.2 Å². The van der Waals surface area contributed by atoms with Crippen LogP contribution < -0.4 is 13.7 Å². The fourth-order valence-corrected chi connectivity index (χ4v) is 3.02. The number of hydrogen-bond donors (Lipinski definition) is 0. The normalized spacial score (nSPS) is 11.0. The third-order valence-electron chi connectivity index (χ3n) is 2.66. The van der Waals surface area contributed by atoms with Crippen molar-refractivity contribution in [3.8, 4) is 17.2 Å². The summed E-state index contributed by atoms with van der Waals surface area (Å²) >= 11 is 3.27. The van der Waals surface area contributed by atoms with Gasteiger partial charge in [0.15, 0.2) is 4.90 Å². The predicted octanol–water partition coefficient (Wildman–Crippen LogP) is 3.23. The number of hydrogen-bond acceptors (Lipinski definition) is 5. The first-order chi connectivity index (χ1) is 9.96. The van der Waals surface area contributed by atoms with E-state index in [0.717, 1.165) is 4.47 Å². The maximum atomic E-state index is 12.4. The molecular formula is C14H13BrO5S. The van der Waals surface area contributed by atoms with Crippen LogP contribution in [0.15, 0.2) is 51.8 Å². The van der Waals surface area contributed by atoms with Gasteiger partial charge in [0.05, 0.1) is 14.2 Å². The Kier molecular flexibility index (Phi) is 4.74. The second kappa shape index (κ2) is 6.36. The summed E-state index contributed by atoms with van der Waals surface area (Å²) in [6.07, 6.45) is 0. The molecule has 112 valence electrons. The minimum Gasteiger partial charge on any atom is -0.497 e. The first-order valence-corrected chi connectivity index (χ1v) is 8.08. The number of rotatable bonds is 5. The van der Waals surface area contributed by atoms with Crippen molar-refractivity contribution in [2.24, 2.45) is 0 Å². The van der Waals surface area contributed by atoms with Crippen LogP contribution in [0, 0.1) is 0 Å². The van der Waals surface area contributed by atoms with E-state index >= 15 is 0 Å². The van der Waals surface area contributed by atoms with Crippen molar-refractivity contribution in [3.63, 3.8) is 0 Å². The average Bonchev–Trinajstić information content (AvgIpc) is 2.48. The fraction of sp³-hybridized carbons (Fsp3) is 0.143. The summed E-state index contributed by atoms with van der Waals surface area (Å²) < 4.78 is 40.8. The molecule has 2 aromatic rings. The number of halogens is 1. The van der Waals surface area contributed by atoms with Crippen LogP contribution in [0.4, 0.5) is 0 Å². The van der Waals surface area contributed by atoms with Crippen LogP contribution >= 0.6 is 15.9 Å². The Hall–Kier alpha value is -1.73. The third-order valence-corrected chi connectivity index (χ3v) is 4.46. The van der Waals surface area contributed by atoms with Gasteiger partial charge in [0.2, 0.25) is 0 Å². The summed E-state index contributed by atoms with van der Waals surface area (Å²) in [6, 6.07) is 10.9. The van der Waals surface area contributed by atoms with Crippen LogP contribution in [-0.4, -0.2) is 22.6 Å². The molecule has 0 saturated carbocycles. The maximum absolute atomic E-state index is 12.4. The lowest BCUT2D eigenvalue weighted by atomic mass is 10.3. The van der Waals surface area contributed by atoms with Crippen molar-refractivity contribution in [1.29, 1.82) is 0 Å². The molecule has 0 saturated heterocycles. The molecule has 0 N–H and O–H groups in total. The minimum atomic E-state index is -4.02. The molecule has 0 aromatic heterocycles. The summed E-state index contributed by atoms with van der Waals surface area (Å²) in [6.45, 7) is 0. The highest BCUT2D eigenvalue weighted by atomic mass is 79.9. The minimum absolute atomic E-state index is 0.0905. The highest BCUT2D eigenvalue weighted by molar-refractivity contribution is 9.10. The molecule has 0 aliphatic heterocycles. The second-order valence-electron chi connectivity index (χ2n) is 4.01. The predicted molar refractivity (Wildman–Crippen MR) is 81.5 cm³/mol. The zero-order valence-electron chi connectivity index (χ0n) is 11.4. The number of benzene rings is 2. The Balaban J connectivity index is 2.41. The SMILES string of the molecule is COc1ccc(OC)c(S(=O)(=O)Oc2ccc(Br)cc2)c1. The van der Waals surface area contributed by atoms with E-state index in [1.54, 1.807) is 30.3 Å². The molecule has 0 atom stereocenters. The molecule has 2 aromatic carbocycles. The molecule has 0 amide bonds. The van der Waals surface area contributed by atoms with Crippen molar-refractivity contribution in [2.75, 3.05) is 14.2 Å². The lowest BCUT2D eigenvalue weighted by Gasteiger charge is -2.12. The van der Waals surface area contributed by atoms with Crippen LogP contribution in [0.2, 0.25) is 0 Å². The summed E-state index contributed by atoms with van der Waals surface area (Å²) in [5.74, 6) is 0.796. The van der Waals surface area contributed by atoms with Gasteiger partial charge in [-0.15, -0.1) is 0 Å². The number of ether oxygens (including phenoxy) is 2. The zero-order valence-corrected chi connectivity index (χ0v) is 13.8. The van der Waals surface area contributed by atoms with Gasteiger partial charge < -0.3 is 13.7 Å². The molecule has 0 heterocycles. The monoisotopic (exact) mass is 372 g/mol. The molecule has 0 bridgehead atoms. The standard InChI is InChI=1S/C14H13BrO5S/c1-18-12-7-8-13(19-2)14(9-12)21(16,17)20-11-5-3-10(15)4-6-11/h3-9H,1-2H3. The summed E-state index contributed by atoms with van der Waals surface area (Å²) in [7, 11) is -1.18. The van der Waals surface area contributed by atoms with Crippen molar-refractivity contribution in [1.82, 2.24) is 0 Å². The van der Waals surface area contributed by atoms with Crippen LogP contribution in [0.3, 0.4) is 0 Å². The van der Waals surface area contributed by atoms with Crippen LogP contribution in [0.1, 0.15) is 0 Å². The topological polar surface area (TPSA) is 61.8 Å². The third kappa shape index (κ3) is 3.68. The van der Waals surface area contributed by atoms with Gasteiger partial charge in [-0.05, 0) is 36.4 Å². The van der Waals surface area contributed by atoms with E-state index in [1.807, 2.05) is 0 Å². The highest BCUT2D eigenvalue weighted by Crippen LogP contribution is 2.30. The van der Waals surface area contributed by atoms with Gasteiger partial charge >= 0.3 is 10.1 Å². The van der Waals surface area contributed by atoms with E-state index in [-0.39, 0.29) is 16.4 Å². The van der Waals surface area contributed by atoms with Gasteiger partial charge in [0.25, 0.3) is 0 Å². The van der Waals surface area contributed by atoms with Crippen LogP contribution in [0.25, 0.3) is 0 Å². The fourth-order valence-electron chi connectivity index (χ4n) is 1.64. The van der Waals surface area contributed by atoms with E-state index in [0.29, 0.717) is 5.75 Å². The lowest BCUT2D eigenvalue weighted by molar-refractivity contribution is 0.388. The van der Waals surface area contributed by atoms with Gasteiger partial charge in [-0.25, -0.2) is 0 Å². The van der Waals surface area contributed by atoms with Gasteiger partial charge in [-0.3, -0.25) is 0 Å². The maximum Gasteiger partial charge on any atom is 0.343 e. The summed E-state index contributed by atoms with van der Waals surface area (Å²) in [5.41, 5.74) is 0. The van der Waals surface area contributed by atoms with E-state index < -0.39 is 10.1 Å². The van der Waals surface area contributed by atoms with Crippen molar-refractivity contribution in [3.05, 3.63) is 46.9 Å². The van der Waals surface area contributed by atoms with E-state index in [4.69, 9.17) is 13.7 Å². The molecule has 7 heteroatoms. The smallest absolute Gasteiger partial charge is 0.343 e. The Morgan fingerprint density at radius 1 is 0.905 bits per heavy atom. The number of methoxy groups -OCH3 is 2. The molecule has 0 aliphatic rings. The first-order valence-electron chi connectivity index (χ1n) is 5.88. The molecule has 0 radical (unpaired) electrons. The molecule has 0 spiro atoms. The molecule has 0 aliphatic carbocycles. The largest absolute Gasteiger partial charge is 0.497 e. The van der Waals surface area contributed by atoms with Crippen molar-refractivity contribution < 1.29 is 22.1 Å². The van der Waals surface area contributed by atoms with Gasteiger partial charge in [-0.2, -0.15) is 8.42 Å². The molecule has 5 nitrogen and oxygen atoms in total. The molecular weight excluding hydrogens is 360 g/mol. The Bertz CT molecular complexity index is 726. The average molecular weight is 373 g/mol. The molecule has 21 heavy (non-hydrogen) atoms. The van der Waals surface area contributed by atoms with Crippen LogP contribution in [-0.2, 0) is 10.1 Å². The molecule has 2 rings (SSSR count). The lowest BCUT2D eigenvalue weighted by Crippen LogP contribution is -2.11. The van der Waals surface area contributed by atoms with E-state index in [9.17, 15) is 8.42 Å². The summed E-state index contributed by atoms with van der Waals surface area (Å²) in [4.78, 5) is -0.0905. The van der Waals surface area contributed by atoms with Gasteiger partial charge in [-0.1, -0.05) is 15.9 Å². The Morgan fingerprint density at radius 3 is 2.10 bits per heavy atom. The first kappa shape index (κ1) is 15.7. The zero-order chi connectivity index (χ0) is 15.5. The van der Waals surface area contributed by atoms with E-state index in [2.05, 4.69) is 15.9 Å². The van der Waals surface area contributed by atoms with Gasteiger partial charge in [0.1, 0.15) is 17.2 Å². The summed E-state index contributed by atoms with van der Waals surface area (Å²) in [5, 5.41) is 0.